The fourth-order valence-electron chi connectivity index (χ4n) is 1.65. The summed E-state index contributed by atoms with van der Waals surface area (Å²) in [5, 5.41) is 0. The molecule has 4 heteroatoms. The van der Waals surface area contributed by atoms with Crippen LogP contribution in [-0.2, 0) is 4.74 Å². The molecule has 0 N–H and O–H groups in total. The summed E-state index contributed by atoms with van der Waals surface area (Å²) in [5.74, 6) is -1.54. The normalized spacial score (nSPS) is 10.1. The maximum absolute atomic E-state index is 13.0. The Kier molecular flexibility index (Phi) is 4.25. The standard InChI is InChI=1S/C16H13FO3/c1-11-5-7-12(8-6-11)15(18)10-20-16(19)13-3-2-4-14(17)9-13/h2-9H,10H2,1H3. The molecule has 0 atom stereocenters. The molecule has 0 saturated carbocycles. The van der Waals surface area contributed by atoms with Crippen molar-refractivity contribution in [3.63, 3.8) is 0 Å². The van der Waals surface area contributed by atoms with Gasteiger partial charge in [-0.05, 0) is 25.1 Å². The average molecular weight is 272 g/mol. The third-order valence-electron chi connectivity index (χ3n) is 2.77. The van der Waals surface area contributed by atoms with Crippen molar-refractivity contribution in [3.8, 4) is 0 Å². The second-order valence-electron chi connectivity index (χ2n) is 4.38. The van der Waals surface area contributed by atoms with Gasteiger partial charge in [-0.1, -0.05) is 35.9 Å². The molecular weight excluding hydrogens is 259 g/mol. The minimum atomic E-state index is -0.718. The highest BCUT2D eigenvalue weighted by molar-refractivity contribution is 5.99. The van der Waals surface area contributed by atoms with Crippen LogP contribution in [0.15, 0.2) is 48.5 Å². The Morgan fingerprint density at radius 1 is 1.05 bits per heavy atom. The number of hydrogen-bond donors (Lipinski definition) is 0. The lowest BCUT2D eigenvalue weighted by Gasteiger charge is -2.05. The molecular formula is C16H13FO3. The van der Waals surface area contributed by atoms with Gasteiger partial charge in [-0.3, -0.25) is 4.79 Å². The summed E-state index contributed by atoms with van der Waals surface area (Å²) in [5.41, 5.74) is 1.60. The van der Waals surface area contributed by atoms with E-state index in [4.69, 9.17) is 4.74 Å². The summed E-state index contributed by atoms with van der Waals surface area (Å²) in [6.45, 7) is 1.55. The number of halogens is 1. The van der Waals surface area contributed by atoms with E-state index in [1.807, 2.05) is 19.1 Å². The van der Waals surface area contributed by atoms with Crippen molar-refractivity contribution >= 4 is 11.8 Å². The molecule has 0 aliphatic heterocycles. The number of carbonyl (C=O) groups excluding carboxylic acids is 2. The fourth-order valence-corrected chi connectivity index (χ4v) is 1.65. The fraction of sp³-hybridized carbons (Fsp3) is 0.125. The first-order valence-corrected chi connectivity index (χ1v) is 6.09. The number of aryl methyl sites for hydroxylation is 1. The molecule has 0 aliphatic rings. The van der Waals surface area contributed by atoms with E-state index in [-0.39, 0.29) is 18.0 Å². The topological polar surface area (TPSA) is 43.4 Å². The number of carbonyl (C=O) groups is 2. The van der Waals surface area contributed by atoms with Crippen molar-refractivity contribution in [2.45, 2.75) is 6.92 Å². The first kappa shape index (κ1) is 13.9. The molecule has 0 unspecified atom stereocenters. The van der Waals surface area contributed by atoms with E-state index in [0.29, 0.717) is 5.56 Å². The van der Waals surface area contributed by atoms with Crippen LogP contribution in [0.4, 0.5) is 4.39 Å². The van der Waals surface area contributed by atoms with Crippen LogP contribution >= 0.6 is 0 Å². The highest BCUT2D eigenvalue weighted by atomic mass is 19.1. The largest absolute Gasteiger partial charge is 0.454 e. The van der Waals surface area contributed by atoms with Crippen LogP contribution in [-0.4, -0.2) is 18.4 Å². The van der Waals surface area contributed by atoms with Gasteiger partial charge in [-0.2, -0.15) is 0 Å². The van der Waals surface area contributed by atoms with Crippen molar-refractivity contribution in [2.24, 2.45) is 0 Å². The summed E-state index contributed by atoms with van der Waals surface area (Å²) >= 11 is 0. The predicted octanol–water partition coefficient (Wildman–Crippen LogP) is 3.17. The smallest absolute Gasteiger partial charge is 0.338 e. The molecule has 20 heavy (non-hydrogen) atoms. The number of esters is 1. The Morgan fingerprint density at radius 2 is 1.75 bits per heavy atom. The zero-order chi connectivity index (χ0) is 14.5. The molecule has 0 radical (unpaired) electrons. The van der Waals surface area contributed by atoms with Crippen LogP contribution in [0.1, 0.15) is 26.3 Å². The number of ether oxygens (including phenoxy) is 1. The molecule has 0 saturated heterocycles. The van der Waals surface area contributed by atoms with Gasteiger partial charge in [0.15, 0.2) is 12.4 Å². The second-order valence-corrected chi connectivity index (χ2v) is 4.38. The molecule has 0 aromatic heterocycles. The van der Waals surface area contributed by atoms with Crippen molar-refractivity contribution in [2.75, 3.05) is 6.61 Å². The summed E-state index contributed by atoms with van der Waals surface area (Å²) in [4.78, 5) is 23.5. The van der Waals surface area contributed by atoms with Gasteiger partial charge in [-0.15, -0.1) is 0 Å². The van der Waals surface area contributed by atoms with E-state index < -0.39 is 11.8 Å². The zero-order valence-corrected chi connectivity index (χ0v) is 10.9. The maximum Gasteiger partial charge on any atom is 0.338 e. The number of Topliss-reactive ketones (excluding diaryl/α,β-unsaturated/α-hetero) is 1. The summed E-state index contributed by atoms with van der Waals surface area (Å²) in [7, 11) is 0. The van der Waals surface area contributed by atoms with E-state index in [9.17, 15) is 14.0 Å². The number of hydrogen-bond acceptors (Lipinski definition) is 3. The highest BCUT2D eigenvalue weighted by Crippen LogP contribution is 2.07. The van der Waals surface area contributed by atoms with E-state index >= 15 is 0 Å². The van der Waals surface area contributed by atoms with Gasteiger partial charge < -0.3 is 4.74 Å². The molecule has 0 spiro atoms. The molecule has 2 rings (SSSR count). The van der Waals surface area contributed by atoms with Crippen LogP contribution in [0.3, 0.4) is 0 Å². The minimum absolute atomic E-state index is 0.0849. The first-order valence-electron chi connectivity index (χ1n) is 6.09. The Hall–Kier alpha value is -2.49. The molecule has 2 aromatic rings. The number of rotatable bonds is 4. The van der Waals surface area contributed by atoms with Crippen LogP contribution in [0.5, 0.6) is 0 Å². The summed E-state index contributed by atoms with van der Waals surface area (Å²) in [6.07, 6.45) is 0. The van der Waals surface area contributed by atoms with E-state index in [1.54, 1.807) is 12.1 Å². The molecule has 102 valence electrons. The summed E-state index contributed by atoms with van der Waals surface area (Å²) < 4.78 is 17.8. The Labute approximate surface area is 116 Å². The lowest BCUT2D eigenvalue weighted by molar-refractivity contribution is 0.0474. The Morgan fingerprint density at radius 3 is 2.40 bits per heavy atom. The van der Waals surface area contributed by atoms with Crippen molar-refractivity contribution in [1.29, 1.82) is 0 Å². The van der Waals surface area contributed by atoms with Crippen molar-refractivity contribution in [3.05, 3.63) is 71.0 Å². The minimum Gasteiger partial charge on any atom is -0.454 e. The van der Waals surface area contributed by atoms with Gasteiger partial charge in [0.25, 0.3) is 0 Å². The summed E-state index contributed by atoms with van der Waals surface area (Å²) in [6, 6.07) is 12.1. The van der Waals surface area contributed by atoms with Gasteiger partial charge in [0.05, 0.1) is 5.56 Å². The van der Waals surface area contributed by atoms with Gasteiger partial charge >= 0.3 is 5.97 Å². The number of benzene rings is 2. The molecule has 0 fully saturated rings. The molecule has 0 heterocycles. The lowest BCUT2D eigenvalue weighted by atomic mass is 10.1. The molecule has 0 aliphatic carbocycles. The van der Waals surface area contributed by atoms with Crippen LogP contribution in [0.25, 0.3) is 0 Å². The SMILES string of the molecule is Cc1ccc(C(=O)COC(=O)c2cccc(F)c2)cc1. The average Bonchev–Trinajstić information content (AvgIpc) is 2.45. The Bertz CT molecular complexity index is 632. The monoisotopic (exact) mass is 272 g/mol. The third kappa shape index (κ3) is 3.51. The third-order valence-corrected chi connectivity index (χ3v) is 2.77. The highest BCUT2D eigenvalue weighted by Gasteiger charge is 2.12. The molecule has 3 nitrogen and oxygen atoms in total. The molecule has 2 aromatic carbocycles. The van der Waals surface area contributed by atoms with E-state index in [0.717, 1.165) is 11.6 Å². The van der Waals surface area contributed by atoms with Gasteiger partial charge in [0.2, 0.25) is 0 Å². The van der Waals surface area contributed by atoms with Crippen LogP contribution < -0.4 is 0 Å². The van der Waals surface area contributed by atoms with Crippen molar-refractivity contribution in [1.82, 2.24) is 0 Å². The lowest BCUT2D eigenvalue weighted by Crippen LogP contribution is -2.14. The van der Waals surface area contributed by atoms with E-state index in [1.165, 1.54) is 18.2 Å². The number of ketones is 1. The van der Waals surface area contributed by atoms with Crippen molar-refractivity contribution < 1.29 is 18.7 Å². The van der Waals surface area contributed by atoms with Gasteiger partial charge in [-0.25, -0.2) is 9.18 Å². The Balaban J connectivity index is 1.96. The second kappa shape index (κ2) is 6.10. The van der Waals surface area contributed by atoms with Crippen LogP contribution in [0.2, 0.25) is 0 Å². The first-order chi connectivity index (χ1) is 9.56. The van der Waals surface area contributed by atoms with Crippen LogP contribution in [0, 0.1) is 12.7 Å². The van der Waals surface area contributed by atoms with Gasteiger partial charge in [0, 0.05) is 5.56 Å². The molecule has 0 bridgehead atoms. The van der Waals surface area contributed by atoms with Gasteiger partial charge in [0.1, 0.15) is 5.82 Å². The maximum atomic E-state index is 13.0. The quantitative estimate of drug-likeness (QED) is 0.634. The predicted molar refractivity (Wildman–Crippen MR) is 72.2 cm³/mol. The van der Waals surface area contributed by atoms with E-state index in [2.05, 4.69) is 0 Å². The zero-order valence-electron chi connectivity index (χ0n) is 10.9. The molecule has 0 amide bonds.